The highest BCUT2D eigenvalue weighted by atomic mass is 16.5. The lowest BCUT2D eigenvalue weighted by atomic mass is 9.98. The smallest absolute Gasteiger partial charge is 0.122 e. The second-order valence-corrected chi connectivity index (χ2v) is 4.33. The van der Waals surface area contributed by atoms with E-state index >= 15 is 0 Å². The molecule has 1 rings (SSSR count). The molecule has 17 heavy (non-hydrogen) atoms. The van der Waals surface area contributed by atoms with Gasteiger partial charge in [0.1, 0.15) is 5.75 Å². The second kappa shape index (κ2) is 6.62. The van der Waals surface area contributed by atoms with E-state index in [-0.39, 0.29) is 0 Å². The van der Waals surface area contributed by atoms with Crippen LogP contribution in [0.1, 0.15) is 29.7 Å². The number of hydrogen-bond acceptors (Lipinski definition) is 3. The Bertz CT molecular complexity index is 363. The molecule has 0 aliphatic rings. The van der Waals surface area contributed by atoms with E-state index in [2.05, 4.69) is 43.5 Å². The lowest BCUT2D eigenvalue weighted by Crippen LogP contribution is -2.30. The van der Waals surface area contributed by atoms with Crippen LogP contribution in [0.15, 0.2) is 12.1 Å². The molecule has 96 valence electrons. The van der Waals surface area contributed by atoms with Gasteiger partial charge >= 0.3 is 0 Å². The van der Waals surface area contributed by atoms with E-state index < -0.39 is 0 Å². The molecule has 0 radical (unpaired) electrons. The third kappa shape index (κ3) is 3.45. The van der Waals surface area contributed by atoms with Crippen molar-refractivity contribution in [2.45, 2.75) is 26.8 Å². The predicted octanol–water partition coefficient (Wildman–Crippen LogP) is 2.18. The van der Waals surface area contributed by atoms with E-state index in [1.165, 1.54) is 16.7 Å². The van der Waals surface area contributed by atoms with Crippen LogP contribution in [0, 0.1) is 13.8 Å². The first-order chi connectivity index (χ1) is 8.13. The molecule has 0 saturated carbocycles. The standard InChI is InChI=1S/C14H24N2O/c1-6-16-9-13(15-4)12-7-11(3)14(17-5)8-10(12)2/h7-8,13,15-16H,6,9H2,1-5H3. The van der Waals surface area contributed by atoms with Crippen LogP contribution < -0.4 is 15.4 Å². The number of rotatable bonds is 6. The Kier molecular flexibility index (Phi) is 5.45. The van der Waals surface area contributed by atoms with E-state index in [1.54, 1.807) is 7.11 Å². The number of ether oxygens (including phenoxy) is 1. The summed E-state index contributed by atoms with van der Waals surface area (Å²) in [7, 11) is 3.72. The van der Waals surface area contributed by atoms with Crippen LogP contribution in [-0.2, 0) is 0 Å². The summed E-state index contributed by atoms with van der Waals surface area (Å²) in [6.45, 7) is 8.28. The number of hydrogen-bond donors (Lipinski definition) is 2. The van der Waals surface area contributed by atoms with Crippen molar-refractivity contribution in [2.75, 3.05) is 27.2 Å². The van der Waals surface area contributed by atoms with Crippen LogP contribution in [-0.4, -0.2) is 27.2 Å². The van der Waals surface area contributed by atoms with Crippen molar-refractivity contribution in [1.82, 2.24) is 10.6 Å². The first-order valence-electron chi connectivity index (χ1n) is 6.17. The van der Waals surface area contributed by atoms with Gasteiger partial charge in [-0.05, 0) is 50.2 Å². The number of benzene rings is 1. The van der Waals surface area contributed by atoms with Crippen molar-refractivity contribution in [3.05, 3.63) is 28.8 Å². The fourth-order valence-electron chi connectivity index (χ4n) is 2.06. The predicted molar refractivity (Wildman–Crippen MR) is 72.8 cm³/mol. The zero-order valence-corrected chi connectivity index (χ0v) is 11.6. The lowest BCUT2D eigenvalue weighted by Gasteiger charge is -2.21. The first-order valence-corrected chi connectivity index (χ1v) is 6.17. The van der Waals surface area contributed by atoms with E-state index in [1.807, 2.05) is 7.05 Å². The average Bonchev–Trinajstić information content (AvgIpc) is 2.33. The van der Waals surface area contributed by atoms with Crippen LogP contribution in [0.5, 0.6) is 5.75 Å². The topological polar surface area (TPSA) is 33.3 Å². The SMILES string of the molecule is CCNCC(NC)c1cc(C)c(OC)cc1C. The number of likely N-dealkylation sites (N-methyl/N-ethyl adjacent to an activating group) is 2. The highest BCUT2D eigenvalue weighted by molar-refractivity contribution is 5.43. The van der Waals surface area contributed by atoms with Crippen LogP contribution >= 0.6 is 0 Å². The molecule has 1 unspecified atom stereocenters. The Morgan fingerprint density at radius 3 is 2.47 bits per heavy atom. The van der Waals surface area contributed by atoms with Gasteiger partial charge < -0.3 is 15.4 Å². The molecule has 0 fully saturated rings. The Morgan fingerprint density at radius 2 is 1.94 bits per heavy atom. The molecule has 0 amide bonds. The summed E-state index contributed by atoms with van der Waals surface area (Å²) in [6, 6.07) is 4.67. The summed E-state index contributed by atoms with van der Waals surface area (Å²) in [5.41, 5.74) is 3.79. The molecule has 1 atom stereocenters. The van der Waals surface area contributed by atoms with Crippen LogP contribution in [0.3, 0.4) is 0 Å². The molecule has 0 spiro atoms. The highest BCUT2D eigenvalue weighted by Crippen LogP contribution is 2.26. The van der Waals surface area contributed by atoms with Gasteiger partial charge in [-0.15, -0.1) is 0 Å². The van der Waals surface area contributed by atoms with Crippen molar-refractivity contribution in [2.24, 2.45) is 0 Å². The van der Waals surface area contributed by atoms with Crippen LogP contribution in [0.2, 0.25) is 0 Å². The number of aryl methyl sites for hydroxylation is 2. The van der Waals surface area contributed by atoms with Crippen LogP contribution in [0.25, 0.3) is 0 Å². The summed E-state index contributed by atoms with van der Waals surface area (Å²) in [5.74, 6) is 0.963. The van der Waals surface area contributed by atoms with Gasteiger partial charge in [0.05, 0.1) is 7.11 Å². The molecule has 2 N–H and O–H groups in total. The maximum absolute atomic E-state index is 5.34. The quantitative estimate of drug-likeness (QED) is 0.794. The van der Waals surface area contributed by atoms with E-state index in [9.17, 15) is 0 Å². The van der Waals surface area contributed by atoms with Gasteiger partial charge in [0.25, 0.3) is 0 Å². The maximum atomic E-state index is 5.34. The monoisotopic (exact) mass is 236 g/mol. The molecule has 3 nitrogen and oxygen atoms in total. The third-order valence-electron chi connectivity index (χ3n) is 3.11. The Balaban J connectivity index is 2.99. The number of nitrogens with one attached hydrogen (secondary N) is 2. The summed E-state index contributed by atoms with van der Waals surface area (Å²) < 4.78 is 5.34. The van der Waals surface area contributed by atoms with E-state index in [0.29, 0.717) is 6.04 Å². The molecule has 0 saturated heterocycles. The molecule has 0 heterocycles. The molecule has 1 aromatic carbocycles. The zero-order chi connectivity index (χ0) is 12.8. The molecule has 0 aliphatic heterocycles. The fourth-order valence-corrected chi connectivity index (χ4v) is 2.06. The first kappa shape index (κ1) is 14.0. The van der Waals surface area contributed by atoms with Crippen molar-refractivity contribution in [1.29, 1.82) is 0 Å². The van der Waals surface area contributed by atoms with Gasteiger partial charge in [0.15, 0.2) is 0 Å². The molecular weight excluding hydrogens is 212 g/mol. The van der Waals surface area contributed by atoms with Gasteiger partial charge in [-0.3, -0.25) is 0 Å². The van der Waals surface area contributed by atoms with Gasteiger partial charge in [-0.2, -0.15) is 0 Å². The maximum Gasteiger partial charge on any atom is 0.122 e. The lowest BCUT2D eigenvalue weighted by molar-refractivity contribution is 0.410. The second-order valence-electron chi connectivity index (χ2n) is 4.33. The van der Waals surface area contributed by atoms with Gasteiger partial charge in [0, 0.05) is 12.6 Å². The number of methoxy groups -OCH3 is 1. The van der Waals surface area contributed by atoms with Crippen LogP contribution in [0.4, 0.5) is 0 Å². The molecule has 0 bridgehead atoms. The molecule has 3 heteroatoms. The molecular formula is C14H24N2O. The Morgan fingerprint density at radius 1 is 1.24 bits per heavy atom. The van der Waals surface area contributed by atoms with Gasteiger partial charge in [0.2, 0.25) is 0 Å². The molecule has 1 aromatic rings. The fraction of sp³-hybridized carbons (Fsp3) is 0.571. The highest BCUT2D eigenvalue weighted by Gasteiger charge is 2.13. The molecule has 0 aliphatic carbocycles. The minimum absolute atomic E-state index is 0.347. The van der Waals surface area contributed by atoms with Gasteiger partial charge in [-0.25, -0.2) is 0 Å². The third-order valence-corrected chi connectivity index (χ3v) is 3.11. The average molecular weight is 236 g/mol. The van der Waals surface area contributed by atoms with Crippen molar-refractivity contribution in [3.63, 3.8) is 0 Å². The zero-order valence-electron chi connectivity index (χ0n) is 11.6. The van der Waals surface area contributed by atoms with Crippen molar-refractivity contribution >= 4 is 0 Å². The Hall–Kier alpha value is -1.06. The summed E-state index contributed by atoms with van der Waals surface area (Å²) >= 11 is 0. The van der Waals surface area contributed by atoms with Crippen molar-refractivity contribution < 1.29 is 4.74 Å². The van der Waals surface area contributed by atoms with Crippen molar-refractivity contribution in [3.8, 4) is 5.75 Å². The Labute approximate surface area is 105 Å². The minimum Gasteiger partial charge on any atom is -0.496 e. The minimum atomic E-state index is 0.347. The largest absolute Gasteiger partial charge is 0.496 e. The van der Waals surface area contributed by atoms with E-state index in [0.717, 1.165) is 18.8 Å². The summed E-state index contributed by atoms with van der Waals surface area (Å²) in [5, 5.41) is 6.73. The van der Waals surface area contributed by atoms with Gasteiger partial charge in [-0.1, -0.05) is 13.0 Å². The summed E-state index contributed by atoms with van der Waals surface area (Å²) in [6.07, 6.45) is 0. The normalized spacial score (nSPS) is 12.5. The molecule has 0 aromatic heterocycles. The van der Waals surface area contributed by atoms with E-state index in [4.69, 9.17) is 4.74 Å². The summed E-state index contributed by atoms with van der Waals surface area (Å²) in [4.78, 5) is 0.